The molecule has 1 saturated heterocycles. The number of benzene rings is 1. The van der Waals surface area contributed by atoms with E-state index in [9.17, 15) is 10.1 Å². The van der Waals surface area contributed by atoms with E-state index in [1.54, 1.807) is 13.8 Å². The van der Waals surface area contributed by atoms with Gasteiger partial charge in [-0.2, -0.15) is 5.26 Å². The molecule has 0 N–H and O–H groups in total. The molecule has 0 radical (unpaired) electrons. The molecule has 0 unspecified atom stereocenters. The maximum absolute atomic E-state index is 12.6. The summed E-state index contributed by atoms with van der Waals surface area (Å²) >= 11 is 7.36. The lowest BCUT2D eigenvalue weighted by Crippen LogP contribution is -2.48. The van der Waals surface area contributed by atoms with Crippen molar-refractivity contribution in [2.45, 2.75) is 25.4 Å². The molecule has 1 aliphatic rings. The molecule has 0 atom stereocenters. The third-order valence-corrected chi connectivity index (χ3v) is 5.83. The summed E-state index contributed by atoms with van der Waals surface area (Å²) < 4.78 is 0. The zero-order valence-corrected chi connectivity index (χ0v) is 17.6. The molecule has 1 aromatic carbocycles. The van der Waals surface area contributed by atoms with Crippen LogP contribution < -0.4 is 0 Å². The molecule has 2 aromatic rings. The van der Waals surface area contributed by atoms with Crippen LogP contribution in [0, 0.1) is 25.2 Å². The fourth-order valence-electron chi connectivity index (χ4n) is 3.18. The lowest BCUT2D eigenvalue weighted by Gasteiger charge is -2.34. The first-order valence-corrected chi connectivity index (χ1v) is 10.5. The number of amides is 1. The van der Waals surface area contributed by atoms with E-state index >= 15 is 0 Å². The van der Waals surface area contributed by atoms with Crippen molar-refractivity contribution < 1.29 is 4.79 Å². The third kappa shape index (κ3) is 5.22. The molecule has 1 aromatic heterocycles. The predicted octanol–water partition coefficient (Wildman–Crippen LogP) is 3.06. The molecule has 2 heterocycles. The van der Waals surface area contributed by atoms with E-state index in [0.29, 0.717) is 35.2 Å². The Morgan fingerprint density at radius 3 is 2.68 bits per heavy atom. The molecule has 0 spiro atoms. The zero-order valence-electron chi connectivity index (χ0n) is 16.0. The van der Waals surface area contributed by atoms with E-state index in [1.165, 1.54) is 17.3 Å². The van der Waals surface area contributed by atoms with Gasteiger partial charge < -0.3 is 4.90 Å². The fourth-order valence-corrected chi connectivity index (χ4v) is 4.37. The first-order valence-electron chi connectivity index (χ1n) is 9.09. The number of halogens is 1. The lowest BCUT2D eigenvalue weighted by molar-refractivity contribution is -0.130. The Balaban J connectivity index is 1.51. The van der Waals surface area contributed by atoms with Crippen LogP contribution >= 0.6 is 23.4 Å². The van der Waals surface area contributed by atoms with Gasteiger partial charge in [-0.1, -0.05) is 35.5 Å². The summed E-state index contributed by atoms with van der Waals surface area (Å²) in [6.07, 6.45) is 0. The fraction of sp³-hybridized carbons (Fsp3) is 0.400. The van der Waals surface area contributed by atoms with Gasteiger partial charge in [0.25, 0.3) is 0 Å². The molecule has 1 amide bonds. The first kappa shape index (κ1) is 20.6. The molecule has 28 heavy (non-hydrogen) atoms. The van der Waals surface area contributed by atoms with Crippen molar-refractivity contribution in [3.05, 3.63) is 51.9 Å². The highest BCUT2D eigenvalue weighted by Gasteiger charge is 2.22. The third-order valence-electron chi connectivity index (χ3n) is 4.63. The highest BCUT2D eigenvalue weighted by Crippen LogP contribution is 2.23. The van der Waals surface area contributed by atoms with Crippen LogP contribution in [0.4, 0.5) is 0 Å². The SMILES string of the molecule is Cc1nc(C)c(C#N)c(SCC(=O)N2CCN(Cc3cccc(Cl)c3)CC2)n1. The minimum Gasteiger partial charge on any atom is -0.339 e. The molecule has 0 saturated carbocycles. The van der Waals surface area contributed by atoms with Gasteiger partial charge in [-0.25, -0.2) is 9.97 Å². The van der Waals surface area contributed by atoms with Gasteiger partial charge >= 0.3 is 0 Å². The maximum Gasteiger partial charge on any atom is 0.233 e. The Kier molecular flexibility index (Phi) is 6.89. The second-order valence-electron chi connectivity index (χ2n) is 6.72. The molecule has 146 valence electrons. The molecule has 8 heteroatoms. The Labute approximate surface area is 174 Å². The van der Waals surface area contributed by atoms with Gasteiger partial charge in [0.15, 0.2) is 0 Å². The van der Waals surface area contributed by atoms with E-state index in [4.69, 9.17) is 11.6 Å². The van der Waals surface area contributed by atoms with Gasteiger partial charge in [0.2, 0.25) is 5.91 Å². The molecular weight excluding hydrogens is 394 g/mol. The minimum atomic E-state index is 0.0743. The Morgan fingerprint density at radius 1 is 1.25 bits per heavy atom. The number of aryl methyl sites for hydroxylation is 2. The molecule has 6 nitrogen and oxygen atoms in total. The summed E-state index contributed by atoms with van der Waals surface area (Å²) in [6.45, 7) is 7.48. The molecule has 3 rings (SSSR count). The average Bonchev–Trinajstić information content (AvgIpc) is 2.66. The number of rotatable bonds is 5. The normalized spacial score (nSPS) is 14.7. The summed E-state index contributed by atoms with van der Waals surface area (Å²) in [7, 11) is 0. The van der Waals surface area contributed by atoms with Crippen LogP contribution in [0.15, 0.2) is 29.3 Å². The molecule has 1 aliphatic heterocycles. The number of piperazine rings is 1. The number of thioether (sulfide) groups is 1. The van der Waals surface area contributed by atoms with Crippen molar-refractivity contribution in [3.63, 3.8) is 0 Å². The summed E-state index contributed by atoms with van der Waals surface area (Å²) in [4.78, 5) is 25.3. The van der Waals surface area contributed by atoms with Crippen molar-refractivity contribution in [3.8, 4) is 6.07 Å². The smallest absolute Gasteiger partial charge is 0.233 e. The Bertz CT molecular complexity index is 906. The van der Waals surface area contributed by atoms with Gasteiger partial charge in [0.1, 0.15) is 22.5 Å². The van der Waals surface area contributed by atoms with Gasteiger partial charge in [-0.3, -0.25) is 9.69 Å². The van der Waals surface area contributed by atoms with Crippen molar-refractivity contribution in [1.82, 2.24) is 19.8 Å². The second-order valence-corrected chi connectivity index (χ2v) is 8.12. The van der Waals surface area contributed by atoms with Crippen LogP contribution in [0.5, 0.6) is 0 Å². The summed E-state index contributed by atoms with van der Waals surface area (Å²) in [6, 6.07) is 10.0. The largest absolute Gasteiger partial charge is 0.339 e. The predicted molar refractivity (Wildman–Crippen MR) is 110 cm³/mol. The van der Waals surface area contributed by atoms with Crippen molar-refractivity contribution in [1.29, 1.82) is 5.26 Å². The number of carbonyl (C=O) groups is 1. The quantitative estimate of drug-likeness (QED) is 0.552. The zero-order chi connectivity index (χ0) is 20.1. The Morgan fingerprint density at radius 2 is 2.00 bits per heavy atom. The van der Waals surface area contributed by atoms with Crippen LogP contribution in [-0.2, 0) is 11.3 Å². The highest BCUT2D eigenvalue weighted by molar-refractivity contribution is 8.00. The number of carbonyl (C=O) groups excluding carboxylic acids is 1. The van der Waals surface area contributed by atoms with Gasteiger partial charge in [-0.15, -0.1) is 0 Å². The number of nitrogens with zero attached hydrogens (tertiary/aromatic N) is 5. The lowest BCUT2D eigenvalue weighted by atomic mass is 10.2. The van der Waals surface area contributed by atoms with Crippen LogP contribution in [0.3, 0.4) is 0 Å². The van der Waals surface area contributed by atoms with Crippen molar-refractivity contribution in [2.24, 2.45) is 0 Å². The standard InChI is InChI=1S/C20H22ClN5OS/c1-14-18(11-22)20(24-15(2)23-14)28-13-19(27)26-8-6-25(7-9-26)12-16-4-3-5-17(21)10-16/h3-5,10H,6-9,12-13H2,1-2H3. The molecule has 0 aliphatic carbocycles. The average molecular weight is 416 g/mol. The van der Waals surface area contributed by atoms with Crippen LogP contribution in [0.25, 0.3) is 0 Å². The maximum atomic E-state index is 12.6. The minimum absolute atomic E-state index is 0.0743. The topological polar surface area (TPSA) is 73.1 Å². The molecule has 0 bridgehead atoms. The summed E-state index contributed by atoms with van der Waals surface area (Å²) in [5, 5.41) is 10.6. The molecule has 1 fully saturated rings. The van der Waals surface area contributed by atoms with E-state index in [1.807, 2.05) is 23.1 Å². The van der Waals surface area contributed by atoms with E-state index in [2.05, 4.69) is 27.0 Å². The van der Waals surface area contributed by atoms with Crippen LogP contribution in [-0.4, -0.2) is 57.6 Å². The second kappa shape index (κ2) is 9.37. The van der Waals surface area contributed by atoms with Gasteiger partial charge in [0.05, 0.1) is 11.4 Å². The van der Waals surface area contributed by atoms with Gasteiger partial charge in [-0.05, 0) is 31.5 Å². The number of hydrogen-bond donors (Lipinski definition) is 0. The summed E-state index contributed by atoms with van der Waals surface area (Å²) in [5.74, 6) is 0.963. The Hall–Kier alpha value is -2.14. The highest BCUT2D eigenvalue weighted by atomic mass is 35.5. The van der Waals surface area contributed by atoms with Gasteiger partial charge in [0, 0.05) is 37.7 Å². The number of hydrogen-bond acceptors (Lipinski definition) is 6. The van der Waals surface area contributed by atoms with Crippen LogP contribution in [0.1, 0.15) is 22.6 Å². The van der Waals surface area contributed by atoms with E-state index in [-0.39, 0.29) is 11.7 Å². The van der Waals surface area contributed by atoms with Crippen LogP contribution in [0.2, 0.25) is 5.02 Å². The number of nitriles is 1. The summed E-state index contributed by atoms with van der Waals surface area (Å²) in [5.41, 5.74) is 2.29. The monoisotopic (exact) mass is 415 g/mol. The van der Waals surface area contributed by atoms with E-state index < -0.39 is 0 Å². The van der Waals surface area contributed by atoms with Crippen molar-refractivity contribution in [2.75, 3.05) is 31.9 Å². The number of aromatic nitrogens is 2. The molecular formula is C20H22ClN5OS. The van der Waals surface area contributed by atoms with Crippen molar-refractivity contribution >= 4 is 29.3 Å². The van der Waals surface area contributed by atoms with E-state index in [0.717, 1.165) is 24.7 Å². The first-order chi connectivity index (χ1) is 13.5.